The van der Waals surface area contributed by atoms with Gasteiger partial charge in [0, 0.05) is 29.7 Å². The molecule has 1 saturated carbocycles. The van der Waals surface area contributed by atoms with Crippen molar-refractivity contribution in [2.45, 2.75) is 24.2 Å². The Morgan fingerprint density at radius 3 is 2.19 bits per heavy atom. The van der Waals surface area contributed by atoms with Crippen LogP contribution in [0.1, 0.15) is 29.9 Å². The number of benzene rings is 4. The second kappa shape index (κ2) is 15.1. The van der Waals surface area contributed by atoms with Crippen molar-refractivity contribution in [2.75, 3.05) is 55.7 Å². The maximum Gasteiger partial charge on any atom is 0.260 e. The molecule has 2 aliphatic carbocycles. The fourth-order valence-corrected chi connectivity index (χ4v) is 10.7. The number of phenolic OH excluding ortho intramolecular Hbond substituents is 1. The van der Waals surface area contributed by atoms with Crippen LogP contribution in [0.2, 0.25) is 15.1 Å². The summed E-state index contributed by atoms with van der Waals surface area (Å²) in [6, 6.07) is 22.2. The summed E-state index contributed by atoms with van der Waals surface area (Å²) < 4.78 is 16.6. The lowest BCUT2D eigenvalue weighted by Crippen LogP contribution is -2.53. The predicted octanol–water partition coefficient (Wildman–Crippen LogP) is 7.40. The van der Waals surface area contributed by atoms with E-state index in [9.17, 15) is 14.7 Å². The number of rotatable bonds is 8. The number of anilines is 3. The fourth-order valence-electron chi connectivity index (χ4n) is 10.0. The minimum Gasteiger partial charge on any atom is -0.503 e. The molecule has 0 bridgehead atoms. The molecule has 2 N–H and O–H groups in total. The van der Waals surface area contributed by atoms with Crippen LogP contribution in [-0.2, 0) is 29.3 Å². The Morgan fingerprint density at radius 2 is 1.51 bits per heavy atom. The highest BCUT2D eigenvalue weighted by atomic mass is 35.5. The zero-order chi connectivity index (χ0) is 41.3. The molecule has 304 valence electrons. The lowest BCUT2D eigenvalue weighted by Gasteiger charge is -2.50. The van der Waals surface area contributed by atoms with E-state index in [0.717, 1.165) is 23.8 Å². The molecule has 6 atom stereocenters. The number of hydrogen-bond acceptors (Lipinski definition) is 10. The van der Waals surface area contributed by atoms with E-state index in [1.165, 1.54) is 25.2 Å². The number of methoxy groups -OCH3 is 2. The number of imide groups is 2. The molecule has 4 aromatic carbocycles. The van der Waals surface area contributed by atoms with Crippen molar-refractivity contribution in [2.24, 2.45) is 23.7 Å². The molecule has 15 heteroatoms. The molecule has 5 aliphatic rings. The highest BCUT2D eigenvalue weighted by Gasteiger charge is 2.70. The molecule has 12 nitrogen and oxygen atoms in total. The Labute approximate surface area is 355 Å². The number of carbonyl (C=O) groups is 4. The van der Waals surface area contributed by atoms with Gasteiger partial charge in [-0.3, -0.25) is 29.5 Å². The lowest BCUT2D eigenvalue weighted by molar-refractivity contribution is -0.138. The van der Waals surface area contributed by atoms with Crippen LogP contribution < -0.4 is 24.7 Å². The number of fused-ring (bicyclic) bond motifs is 4. The van der Waals surface area contributed by atoms with Gasteiger partial charge in [0.15, 0.2) is 11.5 Å². The quantitative estimate of drug-likeness (QED) is 0.136. The van der Waals surface area contributed by atoms with Crippen LogP contribution in [0.5, 0.6) is 17.2 Å². The van der Waals surface area contributed by atoms with E-state index >= 15 is 9.59 Å². The lowest BCUT2D eigenvalue weighted by atomic mass is 9.49. The molecule has 3 saturated heterocycles. The van der Waals surface area contributed by atoms with Gasteiger partial charge < -0.3 is 24.2 Å². The number of morpholine rings is 1. The summed E-state index contributed by atoms with van der Waals surface area (Å²) in [5.41, 5.74) is 4.76. The number of hydrazine groups is 1. The topological polar surface area (TPSA) is 138 Å². The van der Waals surface area contributed by atoms with E-state index in [1.54, 1.807) is 60.7 Å². The summed E-state index contributed by atoms with van der Waals surface area (Å²) in [5.74, 6) is -5.66. The van der Waals surface area contributed by atoms with E-state index in [-0.39, 0.29) is 51.9 Å². The number of ether oxygens (including phenoxy) is 3. The molecular formula is C44H39Cl3N4O8. The molecule has 9 rings (SSSR count). The van der Waals surface area contributed by atoms with Gasteiger partial charge in [-0.1, -0.05) is 58.6 Å². The second-order valence-corrected chi connectivity index (χ2v) is 16.6. The number of carbonyl (C=O) groups excluding carboxylic acids is 4. The molecular weight excluding hydrogens is 819 g/mol. The Balaban J connectivity index is 1.19. The molecule has 4 aromatic rings. The number of phenols is 1. The summed E-state index contributed by atoms with van der Waals surface area (Å²) in [6.07, 6.45) is 2.24. The predicted molar refractivity (Wildman–Crippen MR) is 222 cm³/mol. The molecule has 0 aromatic heterocycles. The van der Waals surface area contributed by atoms with E-state index in [4.69, 9.17) is 49.0 Å². The number of nitrogens with zero attached hydrogens (tertiary/aromatic N) is 3. The van der Waals surface area contributed by atoms with Crippen LogP contribution in [0.25, 0.3) is 0 Å². The minimum absolute atomic E-state index is 0.0317. The van der Waals surface area contributed by atoms with Gasteiger partial charge in [-0.2, -0.15) is 5.01 Å². The highest BCUT2D eigenvalue weighted by Crippen LogP contribution is 2.65. The Morgan fingerprint density at radius 1 is 0.797 bits per heavy atom. The van der Waals surface area contributed by atoms with Crippen LogP contribution in [0.3, 0.4) is 0 Å². The van der Waals surface area contributed by atoms with Crippen LogP contribution in [0, 0.1) is 23.7 Å². The average molecular weight is 858 g/mol. The fraction of sp³-hybridized carbons (Fsp3) is 0.318. The van der Waals surface area contributed by atoms with E-state index in [0.29, 0.717) is 46.4 Å². The highest BCUT2D eigenvalue weighted by molar-refractivity contribution is 6.36. The van der Waals surface area contributed by atoms with Crippen molar-refractivity contribution in [1.29, 1.82) is 0 Å². The van der Waals surface area contributed by atoms with E-state index in [2.05, 4.69) is 10.3 Å². The van der Waals surface area contributed by atoms with Crippen LogP contribution in [0.4, 0.5) is 17.1 Å². The largest absolute Gasteiger partial charge is 0.503 e. The zero-order valence-corrected chi connectivity index (χ0v) is 34.3. The third-order valence-corrected chi connectivity index (χ3v) is 13.5. The number of allylic oxidation sites excluding steroid dienone is 2. The van der Waals surface area contributed by atoms with Gasteiger partial charge in [0.05, 0.1) is 72.0 Å². The molecule has 3 aliphatic heterocycles. The van der Waals surface area contributed by atoms with Gasteiger partial charge in [-0.15, -0.1) is 0 Å². The minimum atomic E-state index is -1.63. The van der Waals surface area contributed by atoms with Crippen LogP contribution in [0.15, 0.2) is 90.5 Å². The van der Waals surface area contributed by atoms with Crippen molar-refractivity contribution in [3.05, 3.63) is 117 Å². The molecule has 6 unspecified atom stereocenters. The van der Waals surface area contributed by atoms with Crippen LogP contribution >= 0.6 is 34.8 Å². The molecule has 0 spiro atoms. The third kappa shape index (κ3) is 6.13. The summed E-state index contributed by atoms with van der Waals surface area (Å²) in [4.78, 5) is 63.3. The average Bonchev–Trinajstić information content (AvgIpc) is 3.63. The van der Waals surface area contributed by atoms with Gasteiger partial charge in [0.2, 0.25) is 11.8 Å². The first kappa shape index (κ1) is 39.2. The van der Waals surface area contributed by atoms with Crippen LogP contribution in [-0.4, -0.2) is 74.3 Å². The van der Waals surface area contributed by atoms with E-state index in [1.807, 2.05) is 18.2 Å². The van der Waals surface area contributed by atoms with Crippen molar-refractivity contribution in [3.63, 3.8) is 0 Å². The first-order valence-electron chi connectivity index (χ1n) is 19.3. The van der Waals surface area contributed by atoms with Gasteiger partial charge >= 0.3 is 0 Å². The Hall–Kier alpha value is -5.27. The Kier molecular flexibility index (Phi) is 10.0. The van der Waals surface area contributed by atoms with Gasteiger partial charge in [0.1, 0.15) is 5.75 Å². The van der Waals surface area contributed by atoms with Gasteiger partial charge in [0.25, 0.3) is 11.8 Å². The first-order valence-corrected chi connectivity index (χ1v) is 20.4. The SMILES string of the molecule is COc1ccc(C23C(=O)N(Nc4ccc(Cl)cc4Cl)C(=O)C2CC2C(=CCC4C(=O)N(c5ccc(N6CCOCC6)cc5)C(=O)C42)C3c2cc(Cl)c(O)c(OC)c2)cc1. The van der Waals surface area contributed by atoms with Gasteiger partial charge in [-0.25, -0.2) is 0 Å². The summed E-state index contributed by atoms with van der Waals surface area (Å²) in [5, 5.41) is 12.4. The van der Waals surface area contributed by atoms with Crippen molar-refractivity contribution in [1.82, 2.24) is 5.01 Å². The number of hydrogen-bond donors (Lipinski definition) is 2. The third-order valence-electron chi connectivity index (χ3n) is 12.7. The zero-order valence-electron chi connectivity index (χ0n) is 32.0. The number of aromatic hydroxyl groups is 1. The molecule has 0 radical (unpaired) electrons. The summed E-state index contributed by atoms with van der Waals surface area (Å²) in [6.45, 7) is 2.71. The maximum atomic E-state index is 15.6. The molecule has 4 fully saturated rings. The molecule has 3 heterocycles. The smallest absolute Gasteiger partial charge is 0.260 e. The standard InChI is InChI=1S/C44H39Cl3N4O8/c1-57-28-10-3-24(4-11-28)44-32(41(54)51(43(44)56)48-35-14-5-25(45)21-33(35)46)22-31-29(38(44)23-19-34(47)39(52)36(20-23)58-2)12-13-30-37(31)42(55)50(40(30)53)27-8-6-26(7-9-27)49-15-17-59-18-16-49/h3-12,14,19-21,30-32,37-38,48,52H,13,15-18,22H2,1-2H3. The number of halogens is 3. The van der Waals surface area contributed by atoms with Crippen molar-refractivity contribution < 1.29 is 38.5 Å². The summed E-state index contributed by atoms with van der Waals surface area (Å²) >= 11 is 19.5. The van der Waals surface area contributed by atoms with Gasteiger partial charge in [-0.05, 0) is 96.6 Å². The van der Waals surface area contributed by atoms with E-state index < -0.39 is 46.8 Å². The first-order chi connectivity index (χ1) is 28.5. The van der Waals surface area contributed by atoms with Crippen molar-refractivity contribution >= 4 is 75.5 Å². The normalized spacial score (nSPS) is 26.4. The molecule has 4 amide bonds. The number of nitrogens with one attached hydrogen (secondary N) is 1. The molecule has 59 heavy (non-hydrogen) atoms. The number of amides is 4. The maximum absolute atomic E-state index is 15.6. The second-order valence-electron chi connectivity index (χ2n) is 15.4. The Bertz CT molecular complexity index is 2420. The van der Waals surface area contributed by atoms with Crippen molar-refractivity contribution in [3.8, 4) is 17.2 Å². The monoisotopic (exact) mass is 856 g/mol. The summed E-state index contributed by atoms with van der Waals surface area (Å²) in [7, 11) is 2.92.